The quantitative estimate of drug-likeness (QED) is 0.701. The lowest BCUT2D eigenvalue weighted by Crippen LogP contribution is -2.40. The van der Waals surface area contributed by atoms with E-state index in [-0.39, 0.29) is 11.4 Å². The average molecular weight is 339 g/mol. The fraction of sp³-hybridized carbons (Fsp3) is 0.562. The van der Waals surface area contributed by atoms with Crippen molar-refractivity contribution in [1.82, 2.24) is 14.9 Å². The summed E-state index contributed by atoms with van der Waals surface area (Å²) in [6.45, 7) is 1.48. The zero-order valence-corrected chi connectivity index (χ0v) is 14.5. The van der Waals surface area contributed by atoms with Gasteiger partial charge in [0.05, 0.1) is 6.26 Å². The summed E-state index contributed by atoms with van der Waals surface area (Å²) in [6.07, 6.45) is 3.94. The molecule has 0 spiro atoms. The Morgan fingerprint density at radius 3 is 2.43 bits per heavy atom. The van der Waals surface area contributed by atoms with E-state index < -0.39 is 10.0 Å². The minimum atomic E-state index is -3.15. The zero-order chi connectivity index (χ0) is 16.9. The van der Waals surface area contributed by atoms with Crippen molar-refractivity contribution in [3.05, 3.63) is 35.9 Å². The van der Waals surface area contributed by atoms with Crippen LogP contribution in [0.2, 0.25) is 0 Å². The van der Waals surface area contributed by atoms with Gasteiger partial charge in [0.15, 0.2) is 0 Å². The molecule has 0 atom stereocenters. The molecule has 0 aromatic heterocycles. The number of hydrogen-bond acceptors (Lipinski definition) is 3. The minimum absolute atomic E-state index is 0.0924. The molecule has 0 saturated heterocycles. The smallest absolute Gasteiger partial charge is 0.314 e. The summed E-state index contributed by atoms with van der Waals surface area (Å²) in [5.41, 5.74) is 1.37. The highest BCUT2D eigenvalue weighted by Crippen LogP contribution is 2.47. The van der Waals surface area contributed by atoms with Crippen LogP contribution in [0.25, 0.3) is 0 Å². The molecule has 0 aliphatic heterocycles. The van der Waals surface area contributed by atoms with Crippen LogP contribution in [0.4, 0.5) is 4.79 Å². The summed E-state index contributed by atoms with van der Waals surface area (Å²) in [6, 6.07) is 10.0. The standard InChI is InChI=1S/C16H25N3O3S/c1-19(23(2,21)22)12-6-11-17-15(20)18-13-16(9-10-16)14-7-4-3-5-8-14/h3-5,7-8H,6,9-13H2,1-2H3,(H2,17,18,20). The van der Waals surface area contributed by atoms with Crippen LogP contribution in [0.3, 0.4) is 0 Å². The Kier molecular flexibility index (Phi) is 5.64. The first kappa shape index (κ1) is 17.7. The first-order valence-electron chi connectivity index (χ1n) is 7.82. The molecule has 1 aromatic rings. The van der Waals surface area contributed by atoms with Gasteiger partial charge >= 0.3 is 6.03 Å². The Balaban J connectivity index is 1.66. The number of nitrogens with one attached hydrogen (secondary N) is 2. The summed E-state index contributed by atoms with van der Waals surface area (Å²) in [4.78, 5) is 11.8. The normalized spacial score (nSPS) is 16.1. The van der Waals surface area contributed by atoms with Crippen molar-refractivity contribution in [3.63, 3.8) is 0 Å². The van der Waals surface area contributed by atoms with Gasteiger partial charge in [0.25, 0.3) is 0 Å². The van der Waals surface area contributed by atoms with Crippen LogP contribution in [-0.4, -0.2) is 51.7 Å². The first-order valence-corrected chi connectivity index (χ1v) is 9.67. The number of nitrogens with zero attached hydrogens (tertiary/aromatic N) is 1. The third-order valence-corrected chi connectivity index (χ3v) is 5.64. The second-order valence-electron chi connectivity index (χ2n) is 6.19. The Labute approximate surface area is 138 Å². The number of carbonyl (C=O) groups excluding carboxylic acids is 1. The van der Waals surface area contributed by atoms with Crippen LogP contribution < -0.4 is 10.6 Å². The lowest BCUT2D eigenvalue weighted by Gasteiger charge is -2.17. The van der Waals surface area contributed by atoms with E-state index in [0.717, 1.165) is 12.8 Å². The van der Waals surface area contributed by atoms with Crippen molar-refractivity contribution in [2.45, 2.75) is 24.7 Å². The van der Waals surface area contributed by atoms with Crippen molar-refractivity contribution in [3.8, 4) is 0 Å². The van der Waals surface area contributed by atoms with Gasteiger partial charge in [-0.25, -0.2) is 17.5 Å². The van der Waals surface area contributed by atoms with Crippen LogP contribution in [0.15, 0.2) is 30.3 Å². The monoisotopic (exact) mass is 339 g/mol. The number of hydrogen-bond donors (Lipinski definition) is 2. The molecule has 1 aromatic carbocycles. The molecule has 2 amide bonds. The molecular weight excluding hydrogens is 314 g/mol. The SMILES string of the molecule is CN(CCCNC(=O)NCC1(c2ccccc2)CC1)S(C)(=O)=O. The molecule has 1 saturated carbocycles. The van der Waals surface area contributed by atoms with E-state index in [4.69, 9.17) is 0 Å². The van der Waals surface area contributed by atoms with Crippen LogP contribution in [0.1, 0.15) is 24.8 Å². The zero-order valence-electron chi connectivity index (χ0n) is 13.7. The number of carbonyl (C=O) groups is 1. The van der Waals surface area contributed by atoms with Crippen LogP contribution in [-0.2, 0) is 15.4 Å². The molecule has 0 bridgehead atoms. The van der Waals surface area contributed by atoms with Crippen LogP contribution >= 0.6 is 0 Å². The van der Waals surface area contributed by atoms with Crippen molar-refractivity contribution in [2.24, 2.45) is 0 Å². The van der Waals surface area contributed by atoms with Crippen molar-refractivity contribution in [1.29, 1.82) is 0 Å². The van der Waals surface area contributed by atoms with Crippen molar-refractivity contribution in [2.75, 3.05) is 32.9 Å². The molecule has 128 valence electrons. The predicted molar refractivity (Wildman–Crippen MR) is 90.8 cm³/mol. The molecule has 0 heterocycles. The molecule has 1 aliphatic rings. The summed E-state index contributed by atoms with van der Waals surface area (Å²) in [5.74, 6) is 0. The summed E-state index contributed by atoms with van der Waals surface area (Å²) in [5, 5.41) is 5.69. The molecule has 1 aliphatic carbocycles. The van der Waals surface area contributed by atoms with E-state index in [1.165, 1.54) is 23.2 Å². The highest BCUT2D eigenvalue weighted by atomic mass is 32.2. The molecular formula is C16H25N3O3S. The fourth-order valence-corrected chi connectivity index (χ4v) is 2.95. The molecule has 0 radical (unpaired) electrons. The Hall–Kier alpha value is -1.60. The van der Waals surface area contributed by atoms with Gasteiger partial charge in [-0.05, 0) is 24.8 Å². The van der Waals surface area contributed by atoms with Crippen molar-refractivity contribution >= 4 is 16.1 Å². The number of rotatable bonds is 8. The highest BCUT2D eigenvalue weighted by molar-refractivity contribution is 7.88. The van der Waals surface area contributed by atoms with E-state index in [2.05, 4.69) is 22.8 Å². The van der Waals surface area contributed by atoms with E-state index >= 15 is 0 Å². The Morgan fingerprint density at radius 1 is 1.22 bits per heavy atom. The van der Waals surface area contributed by atoms with Crippen molar-refractivity contribution < 1.29 is 13.2 Å². The molecule has 7 heteroatoms. The first-order chi connectivity index (χ1) is 10.8. The van der Waals surface area contributed by atoms with Gasteiger partial charge in [0, 0.05) is 32.1 Å². The topological polar surface area (TPSA) is 78.5 Å². The third-order valence-electron chi connectivity index (χ3n) is 4.33. The van der Waals surface area contributed by atoms with Gasteiger partial charge in [0.2, 0.25) is 10.0 Å². The van der Waals surface area contributed by atoms with Gasteiger partial charge in [-0.3, -0.25) is 0 Å². The average Bonchev–Trinajstić information content (AvgIpc) is 3.30. The maximum absolute atomic E-state index is 11.8. The summed E-state index contributed by atoms with van der Waals surface area (Å²) < 4.78 is 23.8. The van der Waals surface area contributed by atoms with Gasteiger partial charge in [-0.15, -0.1) is 0 Å². The maximum Gasteiger partial charge on any atom is 0.314 e. The molecule has 6 nitrogen and oxygen atoms in total. The highest BCUT2D eigenvalue weighted by Gasteiger charge is 2.44. The number of amides is 2. The minimum Gasteiger partial charge on any atom is -0.338 e. The Bertz CT molecular complexity index is 627. The molecule has 2 rings (SSSR count). The second-order valence-corrected chi connectivity index (χ2v) is 8.28. The van der Waals surface area contributed by atoms with E-state index in [9.17, 15) is 13.2 Å². The molecule has 1 fully saturated rings. The van der Waals surface area contributed by atoms with E-state index in [1.54, 1.807) is 0 Å². The largest absolute Gasteiger partial charge is 0.338 e. The Morgan fingerprint density at radius 2 is 1.87 bits per heavy atom. The maximum atomic E-state index is 11.8. The molecule has 0 unspecified atom stereocenters. The number of benzene rings is 1. The van der Waals surface area contributed by atoms with Gasteiger partial charge < -0.3 is 10.6 Å². The fourth-order valence-electron chi connectivity index (χ4n) is 2.49. The van der Waals surface area contributed by atoms with E-state index in [1.807, 2.05) is 18.2 Å². The molecule has 2 N–H and O–H groups in total. The predicted octanol–water partition coefficient (Wildman–Crippen LogP) is 1.30. The lowest BCUT2D eigenvalue weighted by molar-refractivity contribution is 0.239. The van der Waals surface area contributed by atoms with E-state index in [0.29, 0.717) is 26.1 Å². The molecule has 23 heavy (non-hydrogen) atoms. The van der Waals surface area contributed by atoms with Gasteiger partial charge in [-0.2, -0.15) is 0 Å². The lowest BCUT2D eigenvalue weighted by atomic mass is 9.96. The van der Waals surface area contributed by atoms with Crippen LogP contribution in [0.5, 0.6) is 0 Å². The third kappa shape index (κ3) is 5.21. The van der Waals surface area contributed by atoms with Gasteiger partial charge in [-0.1, -0.05) is 30.3 Å². The number of urea groups is 1. The summed E-state index contributed by atoms with van der Waals surface area (Å²) in [7, 11) is -1.62. The second kappa shape index (κ2) is 7.31. The number of sulfonamides is 1. The van der Waals surface area contributed by atoms with Crippen LogP contribution in [0, 0.1) is 0 Å². The summed E-state index contributed by atoms with van der Waals surface area (Å²) >= 11 is 0. The van der Waals surface area contributed by atoms with Gasteiger partial charge in [0.1, 0.15) is 0 Å².